The van der Waals surface area contributed by atoms with E-state index in [4.69, 9.17) is 14.2 Å². The average Bonchev–Trinajstić information content (AvgIpc) is 2.55. The summed E-state index contributed by atoms with van der Waals surface area (Å²) in [5.41, 5.74) is 0.882. The van der Waals surface area contributed by atoms with Gasteiger partial charge in [-0.3, -0.25) is 9.78 Å². The molecule has 0 fully saturated rings. The number of halogens is 1. The number of amides is 1. The highest BCUT2D eigenvalue weighted by atomic mass is 35.5. The van der Waals surface area contributed by atoms with Crippen LogP contribution in [0, 0.1) is 0 Å². The lowest BCUT2D eigenvalue weighted by Crippen LogP contribution is -2.13. The van der Waals surface area contributed by atoms with Crippen molar-refractivity contribution >= 4 is 24.0 Å². The molecule has 0 spiro atoms. The van der Waals surface area contributed by atoms with Crippen molar-refractivity contribution in [1.29, 1.82) is 0 Å². The Labute approximate surface area is 134 Å². The Morgan fingerprint density at radius 1 is 1.09 bits per heavy atom. The van der Waals surface area contributed by atoms with Gasteiger partial charge in [0.1, 0.15) is 22.9 Å². The van der Waals surface area contributed by atoms with E-state index in [-0.39, 0.29) is 18.3 Å². The zero-order valence-corrected chi connectivity index (χ0v) is 13.3. The summed E-state index contributed by atoms with van der Waals surface area (Å²) in [5.74, 6) is 1.17. The van der Waals surface area contributed by atoms with E-state index in [1.807, 2.05) is 0 Å². The number of hydrogen-bond donors (Lipinski definition) is 1. The Morgan fingerprint density at radius 3 is 2.18 bits per heavy atom. The van der Waals surface area contributed by atoms with E-state index in [1.54, 1.807) is 37.6 Å². The SMILES string of the molecule is COc1cc(OC)c(NC(=O)c2cccnc2)c(OC)c1.Cl. The number of nitrogens with zero attached hydrogens (tertiary/aromatic N) is 1. The highest BCUT2D eigenvalue weighted by Gasteiger charge is 2.16. The first kappa shape index (κ1) is 17.6. The van der Waals surface area contributed by atoms with Crippen molar-refractivity contribution in [2.45, 2.75) is 0 Å². The number of rotatable bonds is 5. The molecule has 1 aromatic carbocycles. The Kier molecular flexibility index (Phi) is 6.47. The standard InChI is InChI=1S/C15H16N2O4.ClH/c1-19-11-7-12(20-2)14(13(8-11)21-3)17-15(18)10-5-4-6-16-9-10;/h4-9H,1-3H3,(H,17,18);1H. The maximum Gasteiger partial charge on any atom is 0.257 e. The fourth-order valence-corrected chi connectivity index (χ4v) is 1.81. The molecule has 0 radical (unpaired) electrons. The van der Waals surface area contributed by atoms with Crippen molar-refractivity contribution in [2.24, 2.45) is 0 Å². The van der Waals surface area contributed by atoms with Gasteiger partial charge >= 0.3 is 0 Å². The number of pyridine rings is 1. The minimum Gasteiger partial charge on any atom is -0.496 e. The first-order chi connectivity index (χ1) is 10.2. The molecule has 7 heteroatoms. The van der Waals surface area contributed by atoms with Gasteiger partial charge in [-0.15, -0.1) is 12.4 Å². The Balaban J connectivity index is 0.00000242. The molecular formula is C15H17ClN2O4. The van der Waals surface area contributed by atoms with Gasteiger partial charge in [-0.1, -0.05) is 0 Å². The molecule has 0 saturated carbocycles. The summed E-state index contributed by atoms with van der Waals surface area (Å²) in [5, 5.41) is 2.76. The van der Waals surface area contributed by atoms with Gasteiger partial charge in [-0.2, -0.15) is 0 Å². The maximum atomic E-state index is 12.2. The number of anilines is 1. The molecule has 1 aromatic heterocycles. The molecule has 6 nitrogen and oxygen atoms in total. The Bertz CT molecular complexity index is 610. The van der Waals surface area contributed by atoms with Crippen LogP contribution in [-0.2, 0) is 0 Å². The van der Waals surface area contributed by atoms with Crippen LogP contribution in [0.2, 0.25) is 0 Å². The lowest BCUT2D eigenvalue weighted by molar-refractivity contribution is 0.102. The predicted molar refractivity (Wildman–Crippen MR) is 85.5 cm³/mol. The van der Waals surface area contributed by atoms with Gasteiger partial charge in [-0.25, -0.2) is 0 Å². The van der Waals surface area contributed by atoms with E-state index in [0.29, 0.717) is 28.5 Å². The van der Waals surface area contributed by atoms with Gasteiger partial charge in [0.25, 0.3) is 5.91 Å². The number of carbonyl (C=O) groups excluding carboxylic acids is 1. The molecule has 0 atom stereocenters. The molecular weight excluding hydrogens is 308 g/mol. The minimum absolute atomic E-state index is 0. The molecule has 0 bridgehead atoms. The van der Waals surface area contributed by atoms with Gasteiger partial charge in [0.2, 0.25) is 0 Å². The summed E-state index contributed by atoms with van der Waals surface area (Å²) in [6, 6.07) is 6.70. The van der Waals surface area contributed by atoms with E-state index in [1.165, 1.54) is 20.4 Å². The van der Waals surface area contributed by atoms with Gasteiger partial charge in [0.15, 0.2) is 0 Å². The highest BCUT2D eigenvalue weighted by Crippen LogP contribution is 2.39. The molecule has 22 heavy (non-hydrogen) atoms. The normalized spacial score (nSPS) is 9.41. The molecule has 0 saturated heterocycles. The average molecular weight is 325 g/mol. The van der Waals surface area contributed by atoms with Gasteiger partial charge in [-0.05, 0) is 12.1 Å². The largest absolute Gasteiger partial charge is 0.496 e. The minimum atomic E-state index is -0.301. The summed E-state index contributed by atoms with van der Waals surface area (Å²) in [6.07, 6.45) is 3.09. The molecule has 1 heterocycles. The van der Waals surface area contributed by atoms with Crippen molar-refractivity contribution in [3.8, 4) is 17.2 Å². The molecule has 1 amide bonds. The summed E-state index contributed by atoms with van der Waals surface area (Å²) < 4.78 is 15.7. The molecule has 1 N–H and O–H groups in total. The van der Waals surface area contributed by atoms with Crippen LogP contribution in [-0.4, -0.2) is 32.2 Å². The third kappa shape index (κ3) is 3.79. The molecule has 2 rings (SSSR count). The van der Waals surface area contributed by atoms with Crippen LogP contribution in [0.1, 0.15) is 10.4 Å². The Hall–Kier alpha value is -2.47. The summed E-state index contributed by atoms with van der Waals surface area (Å²) in [6.45, 7) is 0. The van der Waals surface area contributed by atoms with Gasteiger partial charge in [0, 0.05) is 24.5 Å². The van der Waals surface area contributed by atoms with Gasteiger partial charge < -0.3 is 19.5 Å². The van der Waals surface area contributed by atoms with Crippen LogP contribution in [0.15, 0.2) is 36.7 Å². The second-order valence-corrected chi connectivity index (χ2v) is 4.10. The molecule has 118 valence electrons. The third-order valence-corrected chi connectivity index (χ3v) is 2.88. The lowest BCUT2D eigenvalue weighted by Gasteiger charge is -2.15. The van der Waals surface area contributed by atoms with Crippen LogP contribution < -0.4 is 19.5 Å². The second kappa shape index (κ2) is 8.09. The van der Waals surface area contributed by atoms with Crippen LogP contribution in [0.5, 0.6) is 17.2 Å². The lowest BCUT2D eigenvalue weighted by atomic mass is 10.2. The van der Waals surface area contributed by atoms with E-state index >= 15 is 0 Å². The maximum absolute atomic E-state index is 12.2. The number of aromatic nitrogens is 1. The quantitative estimate of drug-likeness (QED) is 0.915. The molecule has 0 aliphatic rings. The van der Waals surface area contributed by atoms with E-state index < -0.39 is 0 Å². The second-order valence-electron chi connectivity index (χ2n) is 4.10. The van der Waals surface area contributed by atoms with Crippen molar-refractivity contribution in [3.63, 3.8) is 0 Å². The smallest absolute Gasteiger partial charge is 0.257 e. The van der Waals surface area contributed by atoms with Crippen molar-refractivity contribution in [2.75, 3.05) is 26.6 Å². The summed E-state index contributed by atoms with van der Waals surface area (Å²) in [7, 11) is 4.56. The molecule has 0 aliphatic heterocycles. The Morgan fingerprint density at radius 2 is 1.73 bits per heavy atom. The van der Waals surface area contributed by atoms with E-state index in [0.717, 1.165) is 0 Å². The van der Waals surface area contributed by atoms with Crippen molar-refractivity contribution in [1.82, 2.24) is 4.98 Å². The summed E-state index contributed by atoms with van der Waals surface area (Å²) in [4.78, 5) is 16.1. The van der Waals surface area contributed by atoms with Crippen LogP contribution >= 0.6 is 12.4 Å². The zero-order chi connectivity index (χ0) is 15.2. The van der Waals surface area contributed by atoms with Crippen molar-refractivity contribution in [3.05, 3.63) is 42.2 Å². The molecule has 2 aromatic rings. The topological polar surface area (TPSA) is 69.7 Å². The van der Waals surface area contributed by atoms with Gasteiger partial charge in [0.05, 0.1) is 26.9 Å². The number of nitrogens with one attached hydrogen (secondary N) is 1. The number of hydrogen-bond acceptors (Lipinski definition) is 5. The van der Waals surface area contributed by atoms with E-state index in [2.05, 4.69) is 10.3 Å². The third-order valence-electron chi connectivity index (χ3n) is 2.88. The fraction of sp³-hybridized carbons (Fsp3) is 0.200. The molecule has 0 aliphatic carbocycles. The number of carbonyl (C=O) groups is 1. The zero-order valence-electron chi connectivity index (χ0n) is 12.5. The van der Waals surface area contributed by atoms with E-state index in [9.17, 15) is 4.79 Å². The van der Waals surface area contributed by atoms with Crippen LogP contribution in [0.25, 0.3) is 0 Å². The monoisotopic (exact) mass is 324 g/mol. The predicted octanol–water partition coefficient (Wildman–Crippen LogP) is 2.78. The van der Waals surface area contributed by atoms with Crippen LogP contribution in [0.3, 0.4) is 0 Å². The fourth-order valence-electron chi connectivity index (χ4n) is 1.81. The van der Waals surface area contributed by atoms with Crippen molar-refractivity contribution < 1.29 is 19.0 Å². The first-order valence-electron chi connectivity index (χ1n) is 6.21. The highest BCUT2D eigenvalue weighted by molar-refractivity contribution is 6.05. The number of ether oxygens (including phenoxy) is 3. The number of methoxy groups -OCH3 is 3. The molecule has 0 unspecified atom stereocenters. The summed E-state index contributed by atoms with van der Waals surface area (Å²) >= 11 is 0. The number of benzene rings is 1. The first-order valence-corrected chi connectivity index (χ1v) is 6.21. The van der Waals surface area contributed by atoms with Crippen LogP contribution in [0.4, 0.5) is 5.69 Å².